The second-order valence-electron chi connectivity index (χ2n) is 10.4. The van der Waals surface area contributed by atoms with E-state index < -0.39 is 12.5 Å². The van der Waals surface area contributed by atoms with E-state index in [1.165, 1.54) is 23.6 Å². The van der Waals surface area contributed by atoms with Gasteiger partial charge in [-0.2, -0.15) is 0 Å². The molecule has 0 aliphatic heterocycles. The van der Waals surface area contributed by atoms with Gasteiger partial charge < -0.3 is 14.9 Å². The Hall–Kier alpha value is -3.64. The largest absolute Gasteiger partial charge is 0.478 e. The molecule has 5 rings (SSSR count). The zero-order valence-corrected chi connectivity index (χ0v) is 22.3. The third-order valence-corrected chi connectivity index (χ3v) is 8.05. The molecule has 0 spiro atoms. The fourth-order valence-electron chi connectivity index (χ4n) is 5.73. The highest BCUT2D eigenvalue weighted by Crippen LogP contribution is 2.49. The van der Waals surface area contributed by atoms with E-state index in [0.717, 1.165) is 42.2 Å². The highest BCUT2D eigenvalue weighted by molar-refractivity contribution is 6.31. The van der Waals surface area contributed by atoms with Crippen LogP contribution in [-0.4, -0.2) is 36.1 Å². The number of hydrogen-bond acceptors (Lipinski definition) is 4. The molecule has 1 amide bonds. The molecule has 4 atom stereocenters. The normalized spacial score (nSPS) is 21.3. The molecule has 3 aromatic rings. The van der Waals surface area contributed by atoms with Gasteiger partial charge in [-0.25, -0.2) is 4.79 Å². The molecule has 1 aromatic heterocycles. The van der Waals surface area contributed by atoms with Crippen LogP contribution in [-0.2, 0) is 16.1 Å². The molecule has 2 aliphatic rings. The first kappa shape index (κ1) is 24.7. The van der Waals surface area contributed by atoms with Crippen LogP contribution in [0, 0.1) is 17.8 Å². The van der Waals surface area contributed by atoms with Crippen molar-refractivity contribution in [3.63, 3.8) is 0 Å². The molecule has 2 saturated carbocycles. The third kappa shape index (κ3) is 5.60. The smallest absolute Gasteiger partial charge is 0.328 e. The summed E-state index contributed by atoms with van der Waals surface area (Å²) in [5, 5.41) is 9.44. The Labute approximate surface area is 230 Å². The van der Waals surface area contributed by atoms with E-state index in [1.807, 2.05) is 61.5 Å². The molecule has 7 heteroatoms. The average Bonchev–Trinajstić information content (AvgIpc) is 3.56. The number of halogens is 1. The second kappa shape index (κ2) is 11.0. The maximum absolute atomic E-state index is 14.0. The molecule has 0 saturated heterocycles. The van der Waals surface area contributed by atoms with Gasteiger partial charge in [0.1, 0.15) is 0 Å². The van der Waals surface area contributed by atoms with E-state index in [1.54, 1.807) is 12.3 Å². The molecule has 196 valence electrons. The van der Waals surface area contributed by atoms with Crippen LogP contribution in [0.1, 0.15) is 38.2 Å². The fraction of sp³-hybridized carbons (Fsp3) is 0.323. The summed E-state index contributed by atoms with van der Waals surface area (Å²) in [6, 6.07) is 15.4. The van der Waals surface area contributed by atoms with E-state index in [9.17, 15) is 11.0 Å². The SMILES string of the molecule is [2H]C(c1ccc(-c2ccc(N(C)C)cc2)cc1Cl)N(C(=O)[C@@H]1C[C@@H]2CC[C@H]1C2)c1cncc(/C=C/C(=O)O)c1. The van der Waals surface area contributed by atoms with E-state index in [4.69, 9.17) is 16.7 Å². The van der Waals surface area contributed by atoms with Gasteiger partial charge in [-0.15, -0.1) is 0 Å². The Morgan fingerprint density at radius 3 is 2.45 bits per heavy atom. The number of carboxylic acid groups (broad SMARTS) is 1. The predicted molar refractivity (Wildman–Crippen MR) is 152 cm³/mol. The maximum Gasteiger partial charge on any atom is 0.328 e. The summed E-state index contributed by atoms with van der Waals surface area (Å²) in [5.74, 6) is -0.397. The molecule has 2 fully saturated rings. The minimum Gasteiger partial charge on any atom is -0.478 e. The standard InChI is InChI=1S/C31H32ClN3O3/c1-34(2)26-10-8-22(9-11-26)23-6-7-25(29(32)16-23)19-35(31(38)28-15-20-3-5-24(28)13-20)27-14-21(17-33-18-27)4-12-30(36)37/h4,6-12,14,16-18,20,24,28H,3,5,13,15,19H2,1-2H3,(H,36,37)/b12-4+/t20-,24+,28-/m1/s1/i19D/t19?,20-,24+,28-. The van der Waals surface area contributed by atoms with Crippen LogP contribution < -0.4 is 9.80 Å². The number of rotatable bonds is 8. The average molecular weight is 531 g/mol. The second-order valence-corrected chi connectivity index (χ2v) is 10.9. The van der Waals surface area contributed by atoms with Crippen molar-refractivity contribution in [2.24, 2.45) is 17.8 Å². The number of aliphatic carboxylic acids is 1. The van der Waals surface area contributed by atoms with Crippen molar-refractivity contribution in [3.8, 4) is 11.1 Å². The highest BCUT2D eigenvalue weighted by Gasteiger charge is 2.44. The van der Waals surface area contributed by atoms with Crippen LogP contribution in [0.15, 0.2) is 67.0 Å². The Morgan fingerprint density at radius 2 is 1.82 bits per heavy atom. The van der Waals surface area contributed by atoms with Crippen molar-refractivity contribution in [1.82, 2.24) is 4.98 Å². The topological polar surface area (TPSA) is 73.7 Å². The lowest BCUT2D eigenvalue weighted by Gasteiger charge is -2.30. The third-order valence-electron chi connectivity index (χ3n) is 7.72. The first-order valence-corrected chi connectivity index (χ1v) is 13.3. The van der Waals surface area contributed by atoms with Crippen molar-refractivity contribution >= 4 is 40.9 Å². The molecule has 1 N–H and O–H groups in total. The number of aromatic nitrogens is 1. The Balaban J connectivity index is 1.49. The van der Waals surface area contributed by atoms with Crippen LogP contribution in [0.5, 0.6) is 0 Å². The van der Waals surface area contributed by atoms with Crippen molar-refractivity contribution in [2.45, 2.75) is 32.2 Å². The number of benzene rings is 2. The van der Waals surface area contributed by atoms with Gasteiger partial charge in [-0.1, -0.05) is 42.3 Å². The quantitative estimate of drug-likeness (QED) is 0.335. The molecule has 1 unspecified atom stereocenters. The fourth-order valence-corrected chi connectivity index (χ4v) is 5.96. The van der Waals surface area contributed by atoms with Crippen LogP contribution in [0.2, 0.25) is 5.02 Å². The van der Waals surface area contributed by atoms with Gasteiger partial charge in [0.05, 0.1) is 19.8 Å². The summed E-state index contributed by atoms with van der Waals surface area (Å²) in [6.45, 7) is -1.09. The van der Waals surface area contributed by atoms with Crippen molar-refractivity contribution < 1.29 is 16.1 Å². The van der Waals surface area contributed by atoms with Gasteiger partial charge >= 0.3 is 5.97 Å². The number of carbonyl (C=O) groups is 2. The van der Waals surface area contributed by atoms with Crippen LogP contribution >= 0.6 is 11.6 Å². The van der Waals surface area contributed by atoms with Gasteiger partial charge in [-0.05, 0) is 83.7 Å². The van der Waals surface area contributed by atoms with Gasteiger partial charge in [0, 0.05) is 43.0 Å². The molecule has 2 bridgehead atoms. The lowest BCUT2D eigenvalue weighted by Crippen LogP contribution is -2.38. The zero-order chi connectivity index (χ0) is 27.7. The maximum atomic E-state index is 14.0. The van der Waals surface area contributed by atoms with Crippen molar-refractivity contribution in [2.75, 3.05) is 23.9 Å². The van der Waals surface area contributed by atoms with Gasteiger partial charge in [0.2, 0.25) is 5.91 Å². The number of amides is 1. The summed E-state index contributed by atoms with van der Waals surface area (Å²) >= 11 is 6.77. The number of nitrogens with zero attached hydrogens (tertiary/aromatic N) is 3. The molecule has 2 aliphatic carbocycles. The predicted octanol–water partition coefficient (Wildman–Crippen LogP) is 6.54. The van der Waals surface area contributed by atoms with E-state index >= 15 is 0 Å². The highest BCUT2D eigenvalue weighted by atomic mass is 35.5. The molecule has 38 heavy (non-hydrogen) atoms. The minimum atomic E-state index is -1.09. The number of fused-ring (bicyclic) bond motifs is 2. The summed E-state index contributed by atoms with van der Waals surface area (Å²) in [5.41, 5.74) is 4.54. The van der Waals surface area contributed by atoms with Crippen LogP contribution in [0.4, 0.5) is 11.4 Å². The molecule has 1 heterocycles. The Kier molecular flexibility index (Phi) is 7.14. The minimum absolute atomic E-state index is 0.0946. The lowest BCUT2D eigenvalue weighted by molar-refractivity contribution is -0.131. The number of carboxylic acids is 1. The lowest BCUT2D eigenvalue weighted by atomic mass is 9.87. The van der Waals surface area contributed by atoms with Crippen LogP contribution in [0.3, 0.4) is 0 Å². The first-order valence-electron chi connectivity index (χ1n) is 13.5. The van der Waals surface area contributed by atoms with Crippen molar-refractivity contribution in [3.05, 3.63) is 83.2 Å². The van der Waals surface area contributed by atoms with E-state index in [-0.39, 0.29) is 11.8 Å². The number of hydrogen-bond donors (Lipinski definition) is 1. The van der Waals surface area contributed by atoms with E-state index in [0.29, 0.717) is 33.7 Å². The first-order chi connectivity index (χ1) is 18.7. The molecular weight excluding hydrogens is 498 g/mol. The van der Waals surface area contributed by atoms with Gasteiger partial charge in [0.25, 0.3) is 0 Å². The zero-order valence-electron chi connectivity index (χ0n) is 22.5. The van der Waals surface area contributed by atoms with E-state index in [2.05, 4.69) is 4.98 Å². The number of pyridine rings is 1. The summed E-state index contributed by atoms with van der Waals surface area (Å²) in [4.78, 5) is 32.8. The molecule has 6 nitrogen and oxygen atoms in total. The summed E-state index contributed by atoms with van der Waals surface area (Å²) in [7, 11) is 3.99. The molecule has 2 aromatic carbocycles. The van der Waals surface area contributed by atoms with Crippen molar-refractivity contribution in [1.29, 1.82) is 0 Å². The number of anilines is 2. The Morgan fingerprint density at radius 1 is 1.05 bits per heavy atom. The molecule has 0 radical (unpaired) electrons. The van der Waals surface area contributed by atoms with Crippen LogP contribution in [0.25, 0.3) is 17.2 Å². The molecular formula is C31H32ClN3O3. The monoisotopic (exact) mass is 530 g/mol. The summed E-state index contributed by atoms with van der Waals surface area (Å²) in [6.07, 6.45) is 9.66. The Bertz CT molecular complexity index is 1410. The van der Waals surface area contributed by atoms with Gasteiger partial charge in [0.15, 0.2) is 0 Å². The number of carbonyl (C=O) groups excluding carboxylic acids is 1. The summed E-state index contributed by atoms with van der Waals surface area (Å²) < 4.78 is 9.24. The van der Waals surface area contributed by atoms with Gasteiger partial charge in [-0.3, -0.25) is 9.78 Å².